The first-order chi connectivity index (χ1) is 65.1. The molecule has 0 heterocycles. The third kappa shape index (κ3) is 33.6. The van der Waals surface area contributed by atoms with Gasteiger partial charge in [0.1, 0.15) is 0 Å². The number of fused-ring (bicyclic) bond motifs is 3. The summed E-state index contributed by atoms with van der Waals surface area (Å²) in [6.07, 6.45) is -39.8. The number of nitro benzene ring substituents is 2. The Hall–Kier alpha value is -12.4. The van der Waals surface area contributed by atoms with Gasteiger partial charge in [-0.15, -0.1) is 0 Å². The van der Waals surface area contributed by atoms with Crippen molar-refractivity contribution in [3.63, 3.8) is 0 Å². The molecule has 141 heavy (non-hydrogen) atoms. The van der Waals surface area contributed by atoms with Gasteiger partial charge in [0.25, 0.3) is 11.4 Å². The number of alkyl halides is 24. The van der Waals surface area contributed by atoms with E-state index in [1.807, 2.05) is 91.0 Å². The number of non-ortho nitro benzene ring substituents is 2. The molecule has 0 radical (unpaired) electrons. The van der Waals surface area contributed by atoms with Crippen LogP contribution in [0.1, 0.15) is 205 Å². The number of nitro groups is 2. The minimum atomic E-state index is -5.10. The van der Waals surface area contributed by atoms with E-state index in [-0.39, 0.29) is 81.5 Å². The predicted octanol–water partition coefficient (Wildman–Crippen LogP) is 31.5. The second-order valence-corrected chi connectivity index (χ2v) is 37.8. The first-order valence-corrected chi connectivity index (χ1v) is 43.9. The number of hydrogen-bond acceptors (Lipinski definition) is 9. The average Bonchev–Trinajstić information content (AvgIpc) is 0.798. The van der Waals surface area contributed by atoms with Crippen molar-refractivity contribution in [3.05, 3.63) is 397 Å². The van der Waals surface area contributed by atoms with E-state index in [9.17, 15) is 126 Å². The van der Waals surface area contributed by atoms with Crippen LogP contribution in [0.4, 0.5) is 117 Å². The zero-order chi connectivity index (χ0) is 105. The van der Waals surface area contributed by atoms with Gasteiger partial charge in [0.05, 0.1) is 54.4 Å². The molecule has 0 fully saturated rings. The minimum absolute atomic E-state index is 0.0640. The summed E-state index contributed by atoms with van der Waals surface area (Å²) in [5.74, 6) is 0. The van der Waals surface area contributed by atoms with Gasteiger partial charge in [-0.2, -0.15) is 105 Å². The molecular weight excluding hydrogens is 1890 g/mol. The summed E-state index contributed by atoms with van der Waals surface area (Å²) >= 11 is 0. The second-order valence-electron chi connectivity index (χ2n) is 37.8. The quantitative estimate of drug-likeness (QED) is 0.0194. The van der Waals surface area contributed by atoms with Gasteiger partial charge in [-0.05, 0) is 211 Å². The summed E-state index contributed by atoms with van der Waals surface area (Å²) in [5, 5.41) is 42.2. The Morgan fingerprint density at radius 1 is 0.206 bits per heavy atom. The molecule has 13 aromatic carbocycles. The molecule has 13 rings (SSSR count). The van der Waals surface area contributed by atoms with Crippen LogP contribution in [-0.4, -0.2) is 9.85 Å². The molecule has 0 saturated heterocycles. The lowest BCUT2D eigenvalue weighted by atomic mass is 9.79. The van der Waals surface area contributed by atoms with Gasteiger partial charge in [-0.1, -0.05) is 235 Å². The van der Waals surface area contributed by atoms with Crippen LogP contribution in [0, 0.1) is 20.2 Å². The summed E-state index contributed by atoms with van der Waals surface area (Å²) in [7, 11) is 0. The molecular formula is C106H103F24N7O4. The average molecular weight is 1990 g/mol. The Balaban J connectivity index is 0.000000198. The zero-order valence-electron chi connectivity index (χ0n) is 78.4. The Kier molecular flexibility index (Phi) is 36.0. The van der Waals surface area contributed by atoms with Crippen molar-refractivity contribution >= 4 is 43.7 Å². The number of rotatable bonds is 22. The van der Waals surface area contributed by atoms with Crippen molar-refractivity contribution in [1.29, 1.82) is 0 Å². The standard InChI is InChI=1S/C30H47N.C24H17F6N.C20H15F6N.C18H11F12N.C14H13N3O4/c1-27(2,3)23-13-21(14-24(17-23)28(4,5)6)19-31-20-22-15-25(29(7,8)9)18-26(16-22)30(10,11)12;25-23(26,27)18-9-15(10-19(12-18)24(28,29)30)13-31-14-22-20-7-3-1-5-16(20)11-17-6-2-4-8-21(17)22;21-19(22,23)16-8-13(9-17(10-16)20(24,25)26)11-27-12-15-6-3-5-14-4-1-2-7-18(14)15;19-15(20,21)11-1-9(2-12(5-11)16(22,23)24)7-31-8-10-3-13(17(25,26)27)6-14(4-10)18(28,29)30;18-16(19)13-5-1-11(2-6-13)9-15-10-12-3-7-14(8-4-12)17(20)21/h13-18,31H,19-20H2,1-12H3;1-12,31H,13-14H2;1-10,27H,11-12H2;1-6,31H,7-8H2;1-8,15H,9-10H2. The number of halogens is 24. The third-order valence-corrected chi connectivity index (χ3v) is 22.3. The highest BCUT2D eigenvalue weighted by Gasteiger charge is 2.42. The Bertz CT molecular complexity index is 5840. The molecule has 0 amide bonds. The molecule has 0 aliphatic carbocycles. The van der Waals surface area contributed by atoms with Crippen LogP contribution >= 0.6 is 0 Å². The van der Waals surface area contributed by atoms with Crippen LogP contribution in [0.5, 0.6) is 0 Å². The predicted molar refractivity (Wildman–Crippen MR) is 498 cm³/mol. The maximum absolute atomic E-state index is 13.1. The van der Waals surface area contributed by atoms with Crippen LogP contribution in [0.3, 0.4) is 0 Å². The van der Waals surface area contributed by atoms with E-state index in [2.05, 4.69) is 152 Å². The fourth-order valence-electron chi connectivity index (χ4n) is 14.7. The van der Waals surface area contributed by atoms with Crippen LogP contribution in [0.25, 0.3) is 32.3 Å². The van der Waals surface area contributed by atoms with E-state index in [1.165, 1.54) is 57.6 Å². The van der Waals surface area contributed by atoms with E-state index in [4.69, 9.17) is 0 Å². The van der Waals surface area contributed by atoms with Gasteiger partial charge < -0.3 is 26.6 Å². The first kappa shape index (κ1) is 112. The molecule has 11 nitrogen and oxygen atoms in total. The van der Waals surface area contributed by atoms with Crippen molar-refractivity contribution < 1.29 is 115 Å². The molecule has 754 valence electrons. The second kappa shape index (κ2) is 45.2. The summed E-state index contributed by atoms with van der Waals surface area (Å²) in [4.78, 5) is 20.2. The van der Waals surface area contributed by atoms with Crippen LogP contribution in [0.15, 0.2) is 255 Å². The highest BCUT2D eigenvalue weighted by molar-refractivity contribution is 6.02. The maximum atomic E-state index is 13.1. The van der Waals surface area contributed by atoms with Crippen molar-refractivity contribution in [2.45, 2.75) is 220 Å². The topological polar surface area (TPSA) is 146 Å². The fourth-order valence-corrected chi connectivity index (χ4v) is 14.7. The number of hydrogen-bond donors (Lipinski definition) is 5. The van der Waals surface area contributed by atoms with Crippen molar-refractivity contribution in [2.75, 3.05) is 0 Å². The SMILES string of the molecule is CC(C)(C)c1cc(CNCc2cc(C(C)(C)C)cc(C(C)(C)C)c2)cc(C(C)(C)C)c1.FC(F)(F)c1cc(CNCc2c3ccccc3cc3ccccc23)cc(C(F)(F)F)c1.FC(F)(F)c1cc(CNCc2cc(C(F)(F)F)cc(C(F)(F)F)c2)cc(C(F)(F)F)c1.FC(F)(F)c1cc(CNCc2cccc3ccccc23)cc(C(F)(F)F)c1.O=[N+]([O-])c1ccc(CNCc2ccc([N+](=O)[O-])cc2)cc1. The zero-order valence-corrected chi connectivity index (χ0v) is 78.4. The molecule has 0 aliphatic heterocycles. The maximum Gasteiger partial charge on any atom is 0.416 e. The summed E-state index contributed by atoms with van der Waals surface area (Å²) < 4.78 is 310. The molecule has 5 N–H and O–H groups in total. The molecule has 13 aromatic rings. The smallest absolute Gasteiger partial charge is 0.309 e. The van der Waals surface area contributed by atoms with Crippen molar-refractivity contribution in [1.82, 2.24) is 26.6 Å². The van der Waals surface area contributed by atoms with Gasteiger partial charge in [-0.3, -0.25) is 20.2 Å². The molecule has 0 bridgehead atoms. The lowest BCUT2D eigenvalue weighted by Gasteiger charge is -2.27. The van der Waals surface area contributed by atoms with Gasteiger partial charge in [0.15, 0.2) is 0 Å². The number of nitrogens with zero attached hydrogens (tertiary/aromatic N) is 2. The lowest BCUT2D eigenvalue weighted by molar-refractivity contribution is -0.385. The first-order valence-electron chi connectivity index (χ1n) is 43.9. The molecule has 0 aliphatic rings. The number of benzene rings is 13. The lowest BCUT2D eigenvalue weighted by Crippen LogP contribution is -2.20. The molecule has 0 aromatic heterocycles. The van der Waals surface area contributed by atoms with Gasteiger partial charge in [0.2, 0.25) is 0 Å². The normalized spacial score (nSPS) is 12.7. The van der Waals surface area contributed by atoms with Crippen molar-refractivity contribution in [2.24, 2.45) is 0 Å². The fraction of sp³-hybridized carbons (Fsp3) is 0.321. The van der Waals surface area contributed by atoms with E-state index >= 15 is 0 Å². The van der Waals surface area contributed by atoms with Crippen LogP contribution in [0.2, 0.25) is 0 Å². The van der Waals surface area contributed by atoms with Crippen LogP contribution < -0.4 is 26.6 Å². The largest absolute Gasteiger partial charge is 0.416 e. The molecule has 35 heteroatoms. The number of nitrogens with one attached hydrogen (secondary N) is 5. The molecule has 0 saturated carbocycles. The van der Waals surface area contributed by atoms with E-state index < -0.39 is 128 Å². The van der Waals surface area contributed by atoms with Crippen molar-refractivity contribution in [3.8, 4) is 0 Å². The molecule has 0 unspecified atom stereocenters. The Morgan fingerprint density at radius 3 is 0.645 bits per heavy atom. The van der Waals surface area contributed by atoms with E-state index in [0.717, 1.165) is 91.9 Å². The third-order valence-electron chi connectivity index (χ3n) is 22.3. The van der Waals surface area contributed by atoms with Gasteiger partial charge >= 0.3 is 49.4 Å². The summed E-state index contributed by atoms with van der Waals surface area (Å²) in [5.41, 5.74) is 0.0784. The van der Waals surface area contributed by atoms with E-state index in [1.54, 1.807) is 24.3 Å². The monoisotopic (exact) mass is 1990 g/mol. The summed E-state index contributed by atoms with van der Waals surface area (Å²) in [6, 6.07) is 62.3. The highest BCUT2D eigenvalue weighted by atomic mass is 19.4. The molecule has 0 atom stereocenters. The molecule has 0 spiro atoms. The Morgan fingerprint density at radius 2 is 0.404 bits per heavy atom. The van der Waals surface area contributed by atoms with Gasteiger partial charge in [-0.25, -0.2) is 0 Å². The minimum Gasteiger partial charge on any atom is -0.309 e. The van der Waals surface area contributed by atoms with Gasteiger partial charge in [0, 0.05) is 89.7 Å². The summed E-state index contributed by atoms with van der Waals surface area (Å²) in [6.45, 7) is 29.6. The van der Waals surface area contributed by atoms with E-state index in [0.29, 0.717) is 50.4 Å². The van der Waals surface area contributed by atoms with Crippen LogP contribution in [-0.2, 0) is 137 Å². The highest BCUT2D eigenvalue weighted by Crippen LogP contribution is 2.43. The Labute approximate surface area is 798 Å².